The highest BCUT2D eigenvalue weighted by Gasteiger charge is 2.45. The number of ether oxygens (including phenoxy) is 2. The molecular formula is C21H33N3O4S. The minimum absolute atomic E-state index is 0.0922. The van der Waals surface area contributed by atoms with Crippen LogP contribution in [-0.4, -0.2) is 62.7 Å². The highest BCUT2D eigenvalue weighted by atomic mass is 32.2. The van der Waals surface area contributed by atoms with Crippen molar-refractivity contribution in [3.8, 4) is 5.88 Å². The van der Waals surface area contributed by atoms with E-state index in [1.54, 1.807) is 16.6 Å². The first kappa shape index (κ1) is 21.0. The van der Waals surface area contributed by atoms with Gasteiger partial charge in [-0.25, -0.2) is 13.4 Å². The molecule has 1 aliphatic carbocycles. The molecule has 2 aliphatic heterocycles. The minimum Gasteiger partial charge on any atom is -0.480 e. The Morgan fingerprint density at radius 2 is 2.03 bits per heavy atom. The first-order valence-electron chi connectivity index (χ1n) is 10.6. The summed E-state index contributed by atoms with van der Waals surface area (Å²) in [7, 11) is -2.14. The molecule has 1 aromatic rings. The van der Waals surface area contributed by atoms with E-state index in [-0.39, 0.29) is 21.7 Å². The van der Waals surface area contributed by atoms with Crippen molar-refractivity contribution < 1.29 is 17.9 Å². The Morgan fingerprint density at radius 1 is 1.28 bits per heavy atom. The number of rotatable bonds is 5. The highest BCUT2D eigenvalue weighted by Crippen LogP contribution is 2.47. The van der Waals surface area contributed by atoms with Gasteiger partial charge in [0.25, 0.3) is 0 Å². The minimum atomic E-state index is -3.60. The van der Waals surface area contributed by atoms with Gasteiger partial charge in [-0.3, -0.25) is 0 Å². The summed E-state index contributed by atoms with van der Waals surface area (Å²) in [5.41, 5.74) is 1.16. The molecule has 0 radical (unpaired) electrons. The molecule has 0 aromatic carbocycles. The van der Waals surface area contributed by atoms with E-state index in [0.717, 1.165) is 50.9 Å². The number of aryl methyl sites for hydroxylation is 1. The fourth-order valence-corrected chi connectivity index (χ4v) is 6.90. The molecule has 8 heteroatoms. The maximum Gasteiger partial charge on any atom is 0.248 e. The first-order chi connectivity index (χ1) is 13.8. The van der Waals surface area contributed by atoms with E-state index in [1.165, 1.54) is 13.5 Å². The predicted octanol–water partition coefficient (Wildman–Crippen LogP) is 2.49. The molecule has 29 heavy (non-hydrogen) atoms. The second-order valence-electron chi connectivity index (χ2n) is 9.37. The molecule has 7 nitrogen and oxygen atoms in total. The molecule has 2 atom stereocenters. The standard InChI is InChI=1S/C21H33N3O4S/c1-16-12-18(19(27-3)22-14-16)29(25,26)24-9-6-21(7-10-24)5-4-17(13-21)23-20(2)8-11-28-15-20/h12,14,17,23H,4-11,13,15H2,1-3H3. The Bertz CT molecular complexity index is 843. The van der Waals surface area contributed by atoms with Crippen molar-refractivity contribution in [1.29, 1.82) is 0 Å². The van der Waals surface area contributed by atoms with Gasteiger partial charge in [-0.15, -0.1) is 0 Å². The van der Waals surface area contributed by atoms with Crippen LogP contribution in [0.1, 0.15) is 51.0 Å². The lowest BCUT2D eigenvalue weighted by molar-refractivity contribution is 0.147. The Morgan fingerprint density at radius 3 is 2.69 bits per heavy atom. The molecule has 2 unspecified atom stereocenters. The molecule has 162 valence electrons. The Hall–Kier alpha value is -1.22. The lowest BCUT2D eigenvalue weighted by atomic mass is 9.77. The molecule has 3 aliphatic rings. The van der Waals surface area contributed by atoms with Gasteiger partial charge in [0, 0.05) is 37.5 Å². The molecule has 3 heterocycles. The van der Waals surface area contributed by atoms with E-state index in [9.17, 15) is 8.42 Å². The number of sulfonamides is 1. The van der Waals surface area contributed by atoms with E-state index in [2.05, 4.69) is 17.2 Å². The van der Waals surface area contributed by atoms with Crippen LogP contribution < -0.4 is 10.1 Å². The normalized spacial score (nSPS) is 30.1. The van der Waals surface area contributed by atoms with Gasteiger partial charge in [0.05, 0.1) is 13.7 Å². The molecular weight excluding hydrogens is 390 g/mol. The fraction of sp³-hybridized carbons (Fsp3) is 0.762. The zero-order valence-electron chi connectivity index (χ0n) is 17.7. The maximum atomic E-state index is 13.2. The van der Waals surface area contributed by atoms with E-state index >= 15 is 0 Å². The van der Waals surface area contributed by atoms with Gasteiger partial charge in [-0.05, 0) is 69.4 Å². The zero-order valence-corrected chi connectivity index (χ0v) is 18.6. The van der Waals surface area contributed by atoms with Crippen LogP contribution in [0.2, 0.25) is 0 Å². The summed E-state index contributed by atoms with van der Waals surface area (Å²) in [4.78, 5) is 4.32. The summed E-state index contributed by atoms with van der Waals surface area (Å²) in [5.74, 6) is 0.174. The van der Waals surface area contributed by atoms with E-state index in [4.69, 9.17) is 9.47 Å². The van der Waals surface area contributed by atoms with Crippen LogP contribution in [0.25, 0.3) is 0 Å². The zero-order chi connectivity index (χ0) is 20.7. The molecule has 0 amide bonds. The van der Waals surface area contributed by atoms with Gasteiger partial charge >= 0.3 is 0 Å². The van der Waals surface area contributed by atoms with Gasteiger partial charge in [-0.1, -0.05) is 0 Å². The Labute approximate surface area is 174 Å². The lowest BCUT2D eigenvalue weighted by Gasteiger charge is -2.39. The van der Waals surface area contributed by atoms with Crippen LogP contribution in [0, 0.1) is 12.3 Å². The van der Waals surface area contributed by atoms with Crippen molar-refractivity contribution in [2.24, 2.45) is 5.41 Å². The second-order valence-corrected chi connectivity index (χ2v) is 11.3. The molecule has 1 N–H and O–H groups in total. The molecule has 1 saturated carbocycles. The number of pyridine rings is 1. The largest absolute Gasteiger partial charge is 0.480 e. The summed E-state index contributed by atoms with van der Waals surface area (Å²) in [6.07, 6.45) is 7.99. The van der Waals surface area contributed by atoms with Gasteiger partial charge in [0.1, 0.15) is 4.90 Å². The van der Waals surface area contributed by atoms with Crippen LogP contribution in [0.3, 0.4) is 0 Å². The third kappa shape index (κ3) is 4.17. The quantitative estimate of drug-likeness (QED) is 0.784. The Balaban J connectivity index is 1.41. The van der Waals surface area contributed by atoms with Crippen molar-refractivity contribution >= 4 is 10.0 Å². The van der Waals surface area contributed by atoms with Gasteiger partial charge in [0.2, 0.25) is 15.9 Å². The van der Waals surface area contributed by atoms with Crippen LogP contribution in [-0.2, 0) is 14.8 Å². The number of hydrogen-bond acceptors (Lipinski definition) is 6. The molecule has 1 aromatic heterocycles. The molecule has 1 spiro atoms. The number of nitrogens with zero attached hydrogens (tertiary/aromatic N) is 2. The van der Waals surface area contributed by atoms with E-state index < -0.39 is 10.0 Å². The average Bonchev–Trinajstić information content (AvgIpc) is 3.29. The van der Waals surface area contributed by atoms with Crippen molar-refractivity contribution in [2.45, 2.75) is 68.8 Å². The number of aromatic nitrogens is 1. The summed E-state index contributed by atoms with van der Waals surface area (Å²) in [5, 5.41) is 3.83. The van der Waals surface area contributed by atoms with Gasteiger partial charge in [0.15, 0.2) is 0 Å². The van der Waals surface area contributed by atoms with Crippen molar-refractivity contribution in [1.82, 2.24) is 14.6 Å². The average molecular weight is 424 g/mol. The molecule has 3 fully saturated rings. The first-order valence-corrected chi connectivity index (χ1v) is 12.1. The lowest BCUT2D eigenvalue weighted by Crippen LogP contribution is -2.48. The predicted molar refractivity (Wildman–Crippen MR) is 111 cm³/mol. The fourth-order valence-electron chi connectivity index (χ4n) is 5.27. The second kappa shape index (κ2) is 7.80. The number of nitrogens with one attached hydrogen (secondary N) is 1. The topological polar surface area (TPSA) is 80.8 Å². The summed E-state index contributed by atoms with van der Waals surface area (Å²) >= 11 is 0. The summed E-state index contributed by atoms with van der Waals surface area (Å²) in [6, 6.07) is 2.16. The van der Waals surface area contributed by atoms with Crippen LogP contribution in [0.5, 0.6) is 5.88 Å². The SMILES string of the molecule is COc1ncc(C)cc1S(=O)(=O)N1CCC2(CCC(NC3(C)CCOC3)C2)CC1. The third-order valence-corrected chi connectivity index (χ3v) is 8.92. The van der Waals surface area contributed by atoms with Crippen molar-refractivity contribution in [3.63, 3.8) is 0 Å². The Kier molecular flexibility index (Phi) is 5.65. The van der Waals surface area contributed by atoms with E-state index in [1.807, 2.05) is 6.92 Å². The summed E-state index contributed by atoms with van der Waals surface area (Å²) in [6.45, 7) is 6.85. The number of hydrogen-bond donors (Lipinski definition) is 1. The monoisotopic (exact) mass is 423 g/mol. The molecule has 4 rings (SSSR count). The van der Waals surface area contributed by atoms with Gasteiger partial charge < -0.3 is 14.8 Å². The van der Waals surface area contributed by atoms with Crippen molar-refractivity contribution in [3.05, 3.63) is 17.8 Å². The maximum absolute atomic E-state index is 13.2. The van der Waals surface area contributed by atoms with Crippen LogP contribution in [0.4, 0.5) is 0 Å². The smallest absolute Gasteiger partial charge is 0.248 e. The number of methoxy groups -OCH3 is 1. The molecule has 2 saturated heterocycles. The van der Waals surface area contributed by atoms with E-state index in [0.29, 0.717) is 19.1 Å². The van der Waals surface area contributed by atoms with Crippen LogP contribution in [0.15, 0.2) is 17.2 Å². The highest BCUT2D eigenvalue weighted by molar-refractivity contribution is 7.89. The number of piperidine rings is 1. The van der Waals surface area contributed by atoms with Crippen molar-refractivity contribution in [2.75, 3.05) is 33.4 Å². The molecule has 0 bridgehead atoms. The van der Waals surface area contributed by atoms with Gasteiger partial charge in [-0.2, -0.15) is 4.31 Å². The van der Waals surface area contributed by atoms with Crippen LogP contribution >= 0.6 is 0 Å². The third-order valence-electron chi connectivity index (χ3n) is 7.02. The summed E-state index contributed by atoms with van der Waals surface area (Å²) < 4.78 is 38.9.